The Balaban J connectivity index is 3.10. The Kier molecular flexibility index (Phi) is 3.98. The molecule has 0 aromatic heterocycles. The zero-order valence-electron chi connectivity index (χ0n) is 12.6. The van der Waals surface area contributed by atoms with Crippen LogP contribution < -0.4 is 5.73 Å². The molecular weight excluding hydrogens is 248 g/mol. The summed E-state index contributed by atoms with van der Waals surface area (Å²) in [6, 6.07) is 0. The van der Waals surface area contributed by atoms with E-state index in [1.165, 1.54) is 4.90 Å². The van der Waals surface area contributed by atoms with E-state index in [1.807, 2.05) is 0 Å². The third kappa shape index (κ3) is 3.06. The summed E-state index contributed by atoms with van der Waals surface area (Å²) in [6.45, 7) is 10.4. The van der Waals surface area contributed by atoms with Crippen molar-refractivity contribution < 1.29 is 19.1 Å². The van der Waals surface area contributed by atoms with E-state index >= 15 is 0 Å². The fourth-order valence-electron chi connectivity index (χ4n) is 2.19. The summed E-state index contributed by atoms with van der Waals surface area (Å²) >= 11 is 0. The van der Waals surface area contributed by atoms with Crippen molar-refractivity contribution in [3.05, 3.63) is 0 Å². The summed E-state index contributed by atoms with van der Waals surface area (Å²) in [4.78, 5) is 25.7. The smallest absolute Gasteiger partial charge is 0.413 e. The first-order chi connectivity index (χ1) is 8.44. The molecule has 1 atom stereocenters. The number of hydrogen-bond acceptors (Lipinski definition) is 5. The number of rotatable bonds is 2. The highest BCUT2D eigenvalue weighted by atomic mass is 16.6. The lowest BCUT2D eigenvalue weighted by Crippen LogP contribution is -2.60. The molecule has 1 aliphatic rings. The molecule has 0 bridgehead atoms. The zero-order valence-corrected chi connectivity index (χ0v) is 12.6. The first-order valence-electron chi connectivity index (χ1n) is 6.35. The van der Waals surface area contributed by atoms with Crippen LogP contribution in [0.15, 0.2) is 0 Å². The van der Waals surface area contributed by atoms with E-state index in [-0.39, 0.29) is 18.9 Å². The molecule has 6 nitrogen and oxygen atoms in total. The quantitative estimate of drug-likeness (QED) is 0.818. The van der Waals surface area contributed by atoms with Crippen LogP contribution in [0.4, 0.5) is 4.79 Å². The molecule has 0 saturated carbocycles. The van der Waals surface area contributed by atoms with Crippen molar-refractivity contribution in [2.24, 2.45) is 5.73 Å². The fourth-order valence-corrected chi connectivity index (χ4v) is 2.19. The summed E-state index contributed by atoms with van der Waals surface area (Å²) in [5.41, 5.74) is 2.81. The van der Waals surface area contributed by atoms with Crippen LogP contribution in [0.5, 0.6) is 0 Å². The number of ether oxygens (including phenoxy) is 2. The molecule has 0 aliphatic carbocycles. The first kappa shape index (κ1) is 15.9. The Labute approximate surface area is 114 Å². The van der Waals surface area contributed by atoms with Gasteiger partial charge in [0.2, 0.25) is 0 Å². The van der Waals surface area contributed by atoms with Gasteiger partial charge in [0.05, 0.1) is 13.2 Å². The van der Waals surface area contributed by atoms with Gasteiger partial charge in [-0.25, -0.2) is 4.79 Å². The molecule has 0 radical (unpaired) electrons. The van der Waals surface area contributed by atoms with Crippen molar-refractivity contribution in [1.29, 1.82) is 0 Å². The Morgan fingerprint density at radius 2 is 1.84 bits per heavy atom. The summed E-state index contributed by atoms with van der Waals surface area (Å²) in [5, 5.41) is 0. The Morgan fingerprint density at radius 1 is 1.32 bits per heavy atom. The number of Topliss-reactive ketones (excluding diaryl/α,β-unsaturated/α-hetero) is 1. The minimum absolute atomic E-state index is 0.120. The van der Waals surface area contributed by atoms with Crippen molar-refractivity contribution in [2.75, 3.05) is 13.2 Å². The number of amides is 1. The van der Waals surface area contributed by atoms with Crippen LogP contribution in [0.3, 0.4) is 0 Å². The summed E-state index contributed by atoms with van der Waals surface area (Å²) in [7, 11) is 0. The molecule has 1 saturated heterocycles. The largest absolute Gasteiger partial charge is 0.444 e. The molecule has 1 unspecified atom stereocenters. The standard InChI is InChI=1S/C13H24N2O4/c1-11(2,3)19-10(17)15-12(4,5)18-8-13(15,6)9(16)7-14/h7-8,14H2,1-6H3. The maximum atomic E-state index is 12.3. The fraction of sp³-hybridized carbons (Fsp3) is 0.846. The highest BCUT2D eigenvalue weighted by Crippen LogP contribution is 2.36. The van der Waals surface area contributed by atoms with Gasteiger partial charge in [-0.1, -0.05) is 0 Å². The molecule has 1 amide bonds. The van der Waals surface area contributed by atoms with Crippen molar-refractivity contribution >= 4 is 11.9 Å². The summed E-state index contributed by atoms with van der Waals surface area (Å²) < 4.78 is 10.9. The Morgan fingerprint density at radius 3 is 2.26 bits per heavy atom. The molecule has 19 heavy (non-hydrogen) atoms. The first-order valence-corrected chi connectivity index (χ1v) is 6.35. The van der Waals surface area contributed by atoms with Gasteiger partial charge >= 0.3 is 6.09 Å². The average Bonchev–Trinajstić information content (AvgIpc) is 2.47. The van der Waals surface area contributed by atoms with E-state index in [9.17, 15) is 9.59 Å². The van der Waals surface area contributed by atoms with Crippen molar-refractivity contribution in [1.82, 2.24) is 4.90 Å². The zero-order chi connectivity index (χ0) is 15.1. The number of nitrogens with zero attached hydrogens (tertiary/aromatic N) is 1. The number of carbonyl (C=O) groups is 2. The minimum Gasteiger partial charge on any atom is -0.444 e. The van der Waals surface area contributed by atoms with Gasteiger partial charge in [0.15, 0.2) is 5.78 Å². The highest BCUT2D eigenvalue weighted by molar-refractivity contribution is 5.93. The highest BCUT2D eigenvalue weighted by Gasteiger charge is 2.56. The van der Waals surface area contributed by atoms with Crippen molar-refractivity contribution in [2.45, 2.75) is 58.4 Å². The van der Waals surface area contributed by atoms with E-state index in [0.29, 0.717) is 0 Å². The van der Waals surface area contributed by atoms with Gasteiger partial charge < -0.3 is 15.2 Å². The third-order valence-electron chi connectivity index (χ3n) is 3.10. The maximum Gasteiger partial charge on any atom is 0.413 e. The van der Waals surface area contributed by atoms with Crippen LogP contribution in [-0.4, -0.2) is 46.8 Å². The van der Waals surface area contributed by atoms with Gasteiger partial charge in [0.1, 0.15) is 16.9 Å². The molecule has 0 aromatic carbocycles. The predicted octanol–water partition coefficient (Wildman–Crippen LogP) is 1.28. The van der Waals surface area contributed by atoms with Gasteiger partial charge in [0.25, 0.3) is 0 Å². The topological polar surface area (TPSA) is 81.9 Å². The van der Waals surface area contributed by atoms with E-state index in [4.69, 9.17) is 15.2 Å². The van der Waals surface area contributed by atoms with Gasteiger partial charge in [-0.05, 0) is 41.5 Å². The van der Waals surface area contributed by atoms with Crippen LogP contribution in [0.1, 0.15) is 41.5 Å². The Hall–Kier alpha value is -1.14. The van der Waals surface area contributed by atoms with E-state index in [1.54, 1.807) is 41.5 Å². The lowest BCUT2D eigenvalue weighted by atomic mass is 9.95. The molecule has 2 N–H and O–H groups in total. The van der Waals surface area contributed by atoms with Crippen molar-refractivity contribution in [3.8, 4) is 0 Å². The van der Waals surface area contributed by atoms with Gasteiger partial charge in [-0.2, -0.15) is 0 Å². The second kappa shape index (κ2) is 4.76. The van der Waals surface area contributed by atoms with Gasteiger partial charge in [0, 0.05) is 0 Å². The maximum absolute atomic E-state index is 12.3. The SMILES string of the molecule is CC(C)(C)OC(=O)N1C(C)(C)OCC1(C)C(=O)CN. The molecule has 1 aliphatic heterocycles. The second-order valence-corrected chi connectivity index (χ2v) is 6.45. The lowest BCUT2D eigenvalue weighted by molar-refractivity contribution is -0.129. The molecule has 6 heteroatoms. The van der Waals surface area contributed by atoms with Crippen LogP contribution in [0.2, 0.25) is 0 Å². The molecule has 1 heterocycles. The number of hydrogen-bond donors (Lipinski definition) is 1. The molecule has 0 aromatic rings. The monoisotopic (exact) mass is 272 g/mol. The van der Waals surface area contributed by atoms with Crippen molar-refractivity contribution in [3.63, 3.8) is 0 Å². The predicted molar refractivity (Wildman–Crippen MR) is 70.6 cm³/mol. The second-order valence-electron chi connectivity index (χ2n) is 6.45. The molecular formula is C13H24N2O4. The van der Waals surface area contributed by atoms with Gasteiger partial charge in [-0.3, -0.25) is 9.69 Å². The van der Waals surface area contributed by atoms with E-state index in [2.05, 4.69) is 0 Å². The Bertz CT molecular complexity index is 387. The van der Waals surface area contributed by atoms with Crippen LogP contribution in [0.25, 0.3) is 0 Å². The van der Waals surface area contributed by atoms with E-state index < -0.39 is 23.0 Å². The molecule has 110 valence electrons. The van der Waals surface area contributed by atoms with E-state index in [0.717, 1.165) is 0 Å². The minimum atomic E-state index is -1.08. The van der Waals surface area contributed by atoms with Gasteiger partial charge in [-0.15, -0.1) is 0 Å². The van der Waals surface area contributed by atoms with Crippen LogP contribution in [-0.2, 0) is 14.3 Å². The van der Waals surface area contributed by atoms with Crippen LogP contribution >= 0.6 is 0 Å². The third-order valence-corrected chi connectivity index (χ3v) is 3.10. The molecule has 1 fully saturated rings. The number of nitrogens with two attached hydrogens (primary N) is 1. The average molecular weight is 272 g/mol. The lowest BCUT2D eigenvalue weighted by Gasteiger charge is -2.39. The number of carbonyl (C=O) groups excluding carboxylic acids is 2. The normalized spacial score (nSPS) is 26.4. The number of ketones is 1. The molecule has 1 rings (SSSR count). The van der Waals surface area contributed by atoms with Crippen LogP contribution in [0, 0.1) is 0 Å². The summed E-state index contributed by atoms with van der Waals surface area (Å²) in [6.07, 6.45) is -0.570. The summed E-state index contributed by atoms with van der Waals surface area (Å²) in [5.74, 6) is -0.246. The molecule has 0 spiro atoms.